The molecule has 0 aromatic heterocycles. The monoisotopic (exact) mass is 278 g/mol. The summed E-state index contributed by atoms with van der Waals surface area (Å²) in [4.78, 5) is 3.98. The molecule has 1 aliphatic rings. The molecule has 1 saturated heterocycles. The maximum Gasteiger partial charge on any atom is 0.0244 e. The molecule has 1 aromatic carbocycles. The van der Waals surface area contributed by atoms with Gasteiger partial charge in [0.1, 0.15) is 0 Å². The molecule has 0 spiro atoms. The van der Waals surface area contributed by atoms with E-state index < -0.39 is 0 Å². The van der Waals surface area contributed by atoms with Crippen LogP contribution in [-0.2, 0) is 0 Å². The van der Waals surface area contributed by atoms with E-state index in [1.165, 1.54) is 30.3 Å². The van der Waals surface area contributed by atoms with Crippen molar-refractivity contribution < 1.29 is 0 Å². The van der Waals surface area contributed by atoms with E-state index in [-0.39, 0.29) is 0 Å². The van der Waals surface area contributed by atoms with Crippen LogP contribution < -0.4 is 5.32 Å². The molecule has 3 heteroatoms. The van der Waals surface area contributed by atoms with E-state index in [2.05, 4.69) is 61.3 Å². The molecule has 1 atom stereocenters. The van der Waals surface area contributed by atoms with Crippen molar-refractivity contribution in [3.63, 3.8) is 0 Å². The van der Waals surface area contributed by atoms with Gasteiger partial charge in [-0.1, -0.05) is 39.0 Å². The average Bonchev–Trinajstić information content (AvgIpc) is 2.39. The Balaban J connectivity index is 1.74. The number of piperazine rings is 1. The van der Waals surface area contributed by atoms with Gasteiger partial charge in [0.25, 0.3) is 0 Å². The van der Waals surface area contributed by atoms with Crippen LogP contribution in [0.3, 0.4) is 0 Å². The molecule has 1 heterocycles. The Morgan fingerprint density at radius 2 is 2.00 bits per heavy atom. The van der Waals surface area contributed by atoms with Crippen LogP contribution in [0.5, 0.6) is 0 Å². The molecule has 0 radical (unpaired) electrons. The summed E-state index contributed by atoms with van der Waals surface area (Å²) in [7, 11) is 0. The lowest BCUT2D eigenvalue weighted by atomic mass is 9.85. The summed E-state index contributed by atoms with van der Waals surface area (Å²) in [6.07, 6.45) is 0. The fraction of sp³-hybridized carbons (Fsp3) is 0.625. The van der Waals surface area contributed by atoms with E-state index in [4.69, 9.17) is 0 Å². The van der Waals surface area contributed by atoms with Crippen LogP contribution in [0.1, 0.15) is 20.8 Å². The predicted molar refractivity (Wildman–Crippen MR) is 84.9 cm³/mol. The zero-order valence-electron chi connectivity index (χ0n) is 12.4. The van der Waals surface area contributed by atoms with Gasteiger partial charge in [-0.2, -0.15) is 0 Å². The van der Waals surface area contributed by atoms with Gasteiger partial charge in [-0.05, 0) is 17.5 Å². The SMILES string of the molecule is CC(C)(C)C1CN(CCSc2ccccc2)CCN1. The van der Waals surface area contributed by atoms with Crippen LogP contribution in [-0.4, -0.2) is 42.9 Å². The van der Waals surface area contributed by atoms with Gasteiger partial charge in [0, 0.05) is 42.9 Å². The second-order valence-corrected chi connectivity index (χ2v) is 7.50. The number of nitrogens with zero attached hydrogens (tertiary/aromatic N) is 1. The Bertz CT molecular complexity index is 372. The third kappa shape index (κ3) is 4.83. The van der Waals surface area contributed by atoms with Crippen LogP contribution in [0.25, 0.3) is 0 Å². The zero-order valence-corrected chi connectivity index (χ0v) is 13.2. The lowest BCUT2D eigenvalue weighted by Crippen LogP contribution is -2.56. The third-order valence-corrected chi connectivity index (χ3v) is 4.72. The second-order valence-electron chi connectivity index (χ2n) is 6.33. The molecule has 1 unspecified atom stereocenters. The fourth-order valence-corrected chi connectivity index (χ4v) is 3.34. The Morgan fingerprint density at radius 1 is 1.26 bits per heavy atom. The van der Waals surface area contributed by atoms with E-state index in [1.807, 2.05) is 11.8 Å². The van der Waals surface area contributed by atoms with Crippen molar-refractivity contribution >= 4 is 11.8 Å². The van der Waals surface area contributed by atoms with E-state index in [1.54, 1.807) is 0 Å². The molecule has 19 heavy (non-hydrogen) atoms. The first-order valence-electron chi connectivity index (χ1n) is 7.19. The van der Waals surface area contributed by atoms with Gasteiger partial charge >= 0.3 is 0 Å². The summed E-state index contributed by atoms with van der Waals surface area (Å²) < 4.78 is 0. The molecular weight excluding hydrogens is 252 g/mol. The van der Waals surface area contributed by atoms with Gasteiger partial charge in [0.2, 0.25) is 0 Å². The molecule has 2 rings (SSSR count). The fourth-order valence-electron chi connectivity index (χ4n) is 2.40. The molecule has 2 nitrogen and oxygen atoms in total. The van der Waals surface area contributed by atoms with Crippen LogP contribution in [0, 0.1) is 5.41 Å². The van der Waals surface area contributed by atoms with Crippen LogP contribution in [0.15, 0.2) is 35.2 Å². The number of benzene rings is 1. The molecule has 106 valence electrons. The standard InChI is InChI=1S/C16H26N2S/c1-16(2,3)15-13-18(10-9-17-15)11-12-19-14-7-5-4-6-8-14/h4-8,15,17H,9-13H2,1-3H3. The van der Waals surface area contributed by atoms with Gasteiger partial charge in [0.15, 0.2) is 0 Å². The van der Waals surface area contributed by atoms with Crippen molar-refractivity contribution in [3.8, 4) is 0 Å². The van der Waals surface area contributed by atoms with Crippen molar-refractivity contribution in [2.75, 3.05) is 31.9 Å². The summed E-state index contributed by atoms with van der Waals surface area (Å²) in [5.74, 6) is 1.18. The molecule has 1 aromatic rings. The molecule has 1 N–H and O–H groups in total. The van der Waals surface area contributed by atoms with Crippen LogP contribution in [0.4, 0.5) is 0 Å². The topological polar surface area (TPSA) is 15.3 Å². The Morgan fingerprint density at radius 3 is 2.68 bits per heavy atom. The van der Waals surface area contributed by atoms with E-state index in [0.29, 0.717) is 11.5 Å². The predicted octanol–water partition coefficient (Wildman–Crippen LogP) is 3.10. The van der Waals surface area contributed by atoms with Crippen molar-refractivity contribution in [2.45, 2.75) is 31.7 Å². The largest absolute Gasteiger partial charge is 0.311 e. The van der Waals surface area contributed by atoms with E-state index in [0.717, 1.165) is 6.54 Å². The Labute approximate surface area is 122 Å². The highest BCUT2D eigenvalue weighted by Gasteiger charge is 2.28. The quantitative estimate of drug-likeness (QED) is 0.852. The van der Waals surface area contributed by atoms with Gasteiger partial charge in [-0.15, -0.1) is 11.8 Å². The minimum Gasteiger partial charge on any atom is -0.311 e. The lowest BCUT2D eigenvalue weighted by molar-refractivity contribution is 0.140. The molecule has 1 fully saturated rings. The minimum absolute atomic E-state index is 0.352. The zero-order chi connectivity index (χ0) is 13.7. The highest BCUT2D eigenvalue weighted by Crippen LogP contribution is 2.22. The third-order valence-electron chi connectivity index (χ3n) is 3.72. The molecule has 0 aliphatic carbocycles. The highest BCUT2D eigenvalue weighted by atomic mass is 32.2. The summed E-state index contributed by atoms with van der Waals surface area (Å²) in [6, 6.07) is 11.3. The summed E-state index contributed by atoms with van der Waals surface area (Å²) in [5, 5.41) is 3.65. The normalized spacial score (nSPS) is 21.5. The van der Waals surface area contributed by atoms with Gasteiger partial charge < -0.3 is 5.32 Å². The summed E-state index contributed by atoms with van der Waals surface area (Å²) in [6.45, 7) is 11.7. The van der Waals surface area contributed by atoms with Gasteiger partial charge in [-0.3, -0.25) is 4.90 Å². The van der Waals surface area contributed by atoms with Crippen molar-refractivity contribution in [1.29, 1.82) is 0 Å². The van der Waals surface area contributed by atoms with E-state index >= 15 is 0 Å². The van der Waals surface area contributed by atoms with Crippen LogP contribution >= 0.6 is 11.8 Å². The van der Waals surface area contributed by atoms with E-state index in [9.17, 15) is 0 Å². The molecule has 0 saturated carbocycles. The summed E-state index contributed by atoms with van der Waals surface area (Å²) >= 11 is 1.96. The Hall–Kier alpha value is -0.510. The molecule has 0 amide bonds. The molecule has 0 bridgehead atoms. The smallest absolute Gasteiger partial charge is 0.0244 e. The van der Waals surface area contributed by atoms with Crippen molar-refractivity contribution in [2.24, 2.45) is 5.41 Å². The van der Waals surface area contributed by atoms with Crippen molar-refractivity contribution in [3.05, 3.63) is 30.3 Å². The number of rotatable bonds is 4. The Kier molecular flexibility index (Phi) is 5.31. The lowest BCUT2D eigenvalue weighted by Gasteiger charge is -2.40. The van der Waals surface area contributed by atoms with Gasteiger partial charge in [-0.25, -0.2) is 0 Å². The maximum absolute atomic E-state index is 3.65. The van der Waals surface area contributed by atoms with Gasteiger partial charge in [0.05, 0.1) is 0 Å². The van der Waals surface area contributed by atoms with Crippen LogP contribution in [0.2, 0.25) is 0 Å². The second kappa shape index (κ2) is 6.78. The number of thioether (sulfide) groups is 1. The first kappa shape index (κ1) is 14.9. The number of hydrogen-bond acceptors (Lipinski definition) is 3. The molecule has 1 aliphatic heterocycles. The molecular formula is C16H26N2S. The minimum atomic E-state index is 0.352. The maximum atomic E-state index is 3.65. The average molecular weight is 278 g/mol. The highest BCUT2D eigenvalue weighted by molar-refractivity contribution is 7.99. The first-order chi connectivity index (χ1) is 9.05. The number of hydrogen-bond donors (Lipinski definition) is 1. The number of nitrogens with one attached hydrogen (secondary N) is 1. The summed E-state index contributed by atoms with van der Waals surface area (Å²) in [5.41, 5.74) is 0.352. The van der Waals surface area contributed by atoms with Crippen molar-refractivity contribution in [1.82, 2.24) is 10.2 Å². The first-order valence-corrected chi connectivity index (χ1v) is 8.18.